The molecule has 1 heterocycles. The van der Waals surface area contributed by atoms with Crippen LogP contribution in [0.15, 0.2) is 24.3 Å². The Morgan fingerprint density at radius 3 is 2.58 bits per heavy atom. The quantitative estimate of drug-likeness (QED) is 0.629. The van der Waals surface area contributed by atoms with E-state index in [0.717, 1.165) is 30.3 Å². The van der Waals surface area contributed by atoms with Gasteiger partial charge in [0.05, 0.1) is 22.4 Å². The van der Waals surface area contributed by atoms with Gasteiger partial charge in [-0.05, 0) is 18.9 Å². The maximum atomic E-state index is 13.5. The number of halogens is 1. The van der Waals surface area contributed by atoms with Crippen LogP contribution in [0.1, 0.15) is 25.2 Å². The fourth-order valence-corrected chi connectivity index (χ4v) is 1.91. The number of non-ortho nitro benzene ring substituents is 1. The van der Waals surface area contributed by atoms with Crippen LogP contribution in [0.3, 0.4) is 0 Å². The van der Waals surface area contributed by atoms with E-state index in [-0.39, 0.29) is 5.69 Å². The van der Waals surface area contributed by atoms with E-state index in [0.29, 0.717) is 5.69 Å². The first kappa shape index (κ1) is 13.2. The van der Waals surface area contributed by atoms with Gasteiger partial charge in [0.2, 0.25) is 0 Å². The normalized spacial score (nSPS) is 10.7. The monoisotopic (exact) mass is 263 g/mol. The zero-order chi connectivity index (χ0) is 14.0. The fraction of sp³-hybridized carbons (Fsp3) is 0.308. The minimum atomic E-state index is -0.639. The Morgan fingerprint density at radius 2 is 2.00 bits per heavy atom. The maximum absolute atomic E-state index is 13.5. The summed E-state index contributed by atoms with van der Waals surface area (Å²) in [6.07, 6.45) is 1.48. The van der Waals surface area contributed by atoms with Crippen LogP contribution in [0.4, 0.5) is 10.1 Å². The number of rotatable bonds is 4. The van der Waals surface area contributed by atoms with Crippen LogP contribution < -0.4 is 0 Å². The molecule has 0 bridgehead atoms. The van der Waals surface area contributed by atoms with E-state index in [4.69, 9.17) is 0 Å². The van der Waals surface area contributed by atoms with Gasteiger partial charge in [0, 0.05) is 17.8 Å². The molecule has 6 heteroatoms. The molecule has 0 saturated heterocycles. The Hall–Kier alpha value is -2.24. The van der Waals surface area contributed by atoms with Crippen LogP contribution in [-0.4, -0.2) is 14.7 Å². The summed E-state index contributed by atoms with van der Waals surface area (Å²) in [5.41, 5.74) is 1.88. The summed E-state index contributed by atoms with van der Waals surface area (Å²) in [7, 11) is 0. The van der Waals surface area contributed by atoms with Crippen molar-refractivity contribution in [1.29, 1.82) is 0 Å². The third-order valence-electron chi connectivity index (χ3n) is 2.88. The molecule has 2 aromatic rings. The molecule has 0 radical (unpaired) electrons. The number of hydrogen-bond acceptors (Lipinski definition) is 3. The molecule has 0 fully saturated rings. The van der Waals surface area contributed by atoms with Crippen molar-refractivity contribution in [1.82, 2.24) is 9.78 Å². The van der Waals surface area contributed by atoms with Crippen molar-refractivity contribution in [2.24, 2.45) is 0 Å². The molecule has 2 rings (SSSR count). The van der Waals surface area contributed by atoms with Crippen molar-refractivity contribution in [3.63, 3.8) is 0 Å². The highest BCUT2D eigenvalue weighted by molar-refractivity contribution is 5.44. The smallest absolute Gasteiger partial charge is 0.258 e. The predicted octanol–water partition coefficient (Wildman–Crippen LogP) is 3.04. The summed E-state index contributed by atoms with van der Waals surface area (Å²) >= 11 is 0. The zero-order valence-electron chi connectivity index (χ0n) is 10.8. The van der Waals surface area contributed by atoms with Gasteiger partial charge in [0.25, 0.3) is 5.69 Å². The molecule has 0 saturated carbocycles. The first-order chi connectivity index (χ1) is 9.05. The highest BCUT2D eigenvalue weighted by Gasteiger charge is 2.14. The lowest BCUT2D eigenvalue weighted by atomic mass is 10.2. The number of hydrogen-bond donors (Lipinski definition) is 0. The van der Waals surface area contributed by atoms with Crippen molar-refractivity contribution in [2.45, 2.75) is 26.7 Å². The molecule has 5 nitrogen and oxygen atoms in total. The van der Waals surface area contributed by atoms with Crippen molar-refractivity contribution in [2.75, 3.05) is 0 Å². The van der Waals surface area contributed by atoms with E-state index < -0.39 is 10.7 Å². The minimum Gasteiger partial charge on any atom is -0.258 e. The van der Waals surface area contributed by atoms with E-state index in [1.54, 1.807) is 4.68 Å². The average Bonchev–Trinajstić information content (AvgIpc) is 2.81. The first-order valence-corrected chi connectivity index (χ1v) is 6.08. The Morgan fingerprint density at radius 1 is 1.26 bits per heavy atom. The number of nitro groups is 1. The van der Waals surface area contributed by atoms with Gasteiger partial charge < -0.3 is 0 Å². The number of aromatic nitrogens is 2. The topological polar surface area (TPSA) is 61.0 Å². The lowest BCUT2D eigenvalue weighted by molar-refractivity contribution is -0.385. The van der Waals surface area contributed by atoms with Gasteiger partial charge in [0.1, 0.15) is 5.82 Å². The lowest BCUT2D eigenvalue weighted by Crippen LogP contribution is -2.03. The van der Waals surface area contributed by atoms with Gasteiger partial charge in [-0.1, -0.05) is 13.8 Å². The maximum Gasteiger partial charge on any atom is 0.274 e. The van der Waals surface area contributed by atoms with Crippen LogP contribution >= 0.6 is 0 Å². The minimum absolute atomic E-state index is 0.273. The summed E-state index contributed by atoms with van der Waals surface area (Å²) in [5.74, 6) is -0.639. The van der Waals surface area contributed by atoms with Gasteiger partial charge in [0.15, 0.2) is 0 Å². The van der Waals surface area contributed by atoms with Crippen LogP contribution in [0, 0.1) is 15.9 Å². The SMILES string of the molecule is CCc1cc(CC)n(-c2cc(F)cc([N+](=O)[O-])c2)n1. The van der Waals surface area contributed by atoms with E-state index in [2.05, 4.69) is 5.10 Å². The first-order valence-electron chi connectivity index (χ1n) is 6.08. The molecule has 1 aromatic carbocycles. The third-order valence-corrected chi connectivity index (χ3v) is 2.88. The number of nitro benzene ring substituents is 1. The standard InChI is InChI=1S/C13H14FN3O2/c1-3-10-7-11(4-2)16(15-10)12-5-9(14)6-13(8-12)17(18)19/h5-8H,3-4H2,1-2H3. The molecule has 0 aliphatic carbocycles. The average molecular weight is 263 g/mol. The van der Waals surface area contributed by atoms with Crippen LogP contribution in [0.2, 0.25) is 0 Å². The Labute approximate surface area is 109 Å². The molecule has 100 valence electrons. The molecular formula is C13H14FN3O2. The summed E-state index contributed by atoms with van der Waals surface area (Å²) in [6.45, 7) is 3.93. The van der Waals surface area contributed by atoms with Gasteiger partial charge in [-0.25, -0.2) is 9.07 Å². The summed E-state index contributed by atoms with van der Waals surface area (Å²) in [5, 5.41) is 15.1. The molecule has 0 aliphatic heterocycles. The molecule has 0 atom stereocenters. The molecule has 0 amide bonds. The zero-order valence-corrected chi connectivity index (χ0v) is 10.8. The lowest BCUT2D eigenvalue weighted by Gasteiger charge is -2.06. The van der Waals surface area contributed by atoms with Crippen molar-refractivity contribution in [3.8, 4) is 5.69 Å². The Bertz CT molecular complexity index is 622. The summed E-state index contributed by atoms with van der Waals surface area (Å²) in [6, 6.07) is 5.41. The second-order valence-electron chi connectivity index (χ2n) is 4.17. The second-order valence-corrected chi connectivity index (χ2v) is 4.17. The highest BCUT2D eigenvalue weighted by atomic mass is 19.1. The molecule has 0 N–H and O–H groups in total. The Balaban J connectivity index is 2.57. The van der Waals surface area contributed by atoms with Gasteiger partial charge >= 0.3 is 0 Å². The van der Waals surface area contributed by atoms with Crippen LogP contribution in [0.25, 0.3) is 5.69 Å². The number of nitrogens with zero attached hydrogens (tertiary/aromatic N) is 3. The molecule has 0 spiro atoms. The molecule has 19 heavy (non-hydrogen) atoms. The number of benzene rings is 1. The number of aryl methyl sites for hydroxylation is 2. The molecule has 1 aromatic heterocycles. The van der Waals surface area contributed by atoms with E-state index in [1.807, 2.05) is 19.9 Å². The van der Waals surface area contributed by atoms with Crippen molar-refractivity contribution < 1.29 is 9.31 Å². The van der Waals surface area contributed by atoms with Crippen LogP contribution in [0.5, 0.6) is 0 Å². The third kappa shape index (κ3) is 2.62. The molecule has 0 aliphatic rings. The molecule has 0 unspecified atom stereocenters. The van der Waals surface area contributed by atoms with Gasteiger partial charge in [-0.2, -0.15) is 5.10 Å². The predicted molar refractivity (Wildman–Crippen MR) is 68.9 cm³/mol. The molecular weight excluding hydrogens is 249 g/mol. The van der Waals surface area contributed by atoms with E-state index in [1.165, 1.54) is 12.1 Å². The van der Waals surface area contributed by atoms with Crippen molar-refractivity contribution in [3.05, 3.63) is 51.6 Å². The van der Waals surface area contributed by atoms with E-state index >= 15 is 0 Å². The summed E-state index contributed by atoms with van der Waals surface area (Å²) < 4.78 is 15.0. The second kappa shape index (κ2) is 5.17. The van der Waals surface area contributed by atoms with Crippen molar-refractivity contribution >= 4 is 5.69 Å². The van der Waals surface area contributed by atoms with Crippen LogP contribution in [-0.2, 0) is 12.8 Å². The van der Waals surface area contributed by atoms with Gasteiger partial charge in [-0.3, -0.25) is 10.1 Å². The highest BCUT2D eigenvalue weighted by Crippen LogP contribution is 2.21. The largest absolute Gasteiger partial charge is 0.274 e. The Kier molecular flexibility index (Phi) is 3.59. The fourth-order valence-electron chi connectivity index (χ4n) is 1.91. The summed E-state index contributed by atoms with van der Waals surface area (Å²) in [4.78, 5) is 10.2. The van der Waals surface area contributed by atoms with Gasteiger partial charge in [-0.15, -0.1) is 0 Å². The van der Waals surface area contributed by atoms with E-state index in [9.17, 15) is 14.5 Å².